The number of hydrogen-bond donors (Lipinski definition) is 1. The average molecular weight is 248 g/mol. The molecule has 18 heavy (non-hydrogen) atoms. The van der Waals surface area contributed by atoms with Crippen LogP contribution in [0.1, 0.15) is 6.92 Å². The fraction of sp³-hybridized carbons (Fsp3) is 0.273. The first-order valence-corrected chi connectivity index (χ1v) is 5.38. The second-order valence-corrected chi connectivity index (χ2v) is 3.65. The van der Waals surface area contributed by atoms with Crippen LogP contribution in [0.15, 0.2) is 23.6 Å². The third-order valence-electron chi connectivity index (χ3n) is 2.43. The molecule has 0 bridgehead atoms. The van der Waals surface area contributed by atoms with Gasteiger partial charge >= 0.3 is 6.09 Å². The normalized spacial score (nSPS) is 10.3. The predicted molar refractivity (Wildman–Crippen MR) is 66.8 cm³/mol. The van der Waals surface area contributed by atoms with Gasteiger partial charge < -0.3 is 9.30 Å². The van der Waals surface area contributed by atoms with E-state index in [1.54, 1.807) is 30.9 Å². The molecule has 1 heterocycles. The number of imidazole rings is 1. The molecule has 1 aromatic heterocycles. The maximum absolute atomic E-state index is 11.4. The molecule has 7 heteroatoms. The highest BCUT2D eigenvalue weighted by Crippen LogP contribution is 2.28. The Bertz CT molecular complexity index is 606. The van der Waals surface area contributed by atoms with Crippen molar-refractivity contribution in [1.82, 2.24) is 9.55 Å². The number of anilines is 1. The zero-order valence-corrected chi connectivity index (χ0v) is 10.0. The van der Waals surface area contributed by atoms with Gasteiger partial charge in [0.05, 0.1) is 24.1 Å². The minimum atomic E-state index is -0.590. The van der Waals surface area contributed by atoms with E-state index in [2.05, 4.69) is 15.5 Å². The third-order valence-corrected chi connectivity index (χ3v) is 2.43. The van der Waals surface area contributed by atoms with Crippen molar-refractivity contribution in [2.45, 2.75) is 6.92 Å². The summed E-state index contributed by atoms with van der Waals surface area (Å²) in [5.41, 5.74) is 1.91. The van der Waals surface area contributed by atoms with E-state index in [1.165, 1.54) is 6.07 Å². The van der Waals surface area contributed by atoms with E-state index in [-0.39, 0.29) is 12.3 Å². The van der Waals surface area contributed by atoms with Gasteiger partial charge in [0.25, 0.3) is 0 Å². The molecular formula is C11H12N4O3. The van der Waals surface area contributed by atoms with Crippen LogP contribution in [0.3, 0.4) is 0 Å². The number of nitrogens with zero attached hydrogens (tertiary/aromatic N) is 3. The lowest BCUT2D eigenvalue weighted by molar-refractivity contribution is 0.168. The number of nitrogens with one attached hydrogen (secondary N) is 1. The van der Waals surface area contributed by atoms with Crippen LogP contribution < -0.4 is 5.32 Å². The summed E-state index contributed by atoms with van der Waals surface area (Å²) in [4.78, 5) is 26.2. The molecule has 1 aromatic carbocycles. The molecule has 0 fully saturated rings. The van der Waals surface area contributed by atoms with E-state index < -0.39 is 6.09 Å². The van der Waals surface area contributed by atoms with Crippen LogP contribution in [-0.4, -0.2) is 22.3 Å². The van der Waals surface area contributed by atoms with Crippen LogP contribution in [0.4, 0.5) is 16.2 Å². The Hall–Kier alpha value is -2.44. The van der Waals surface area contributed by atoms with Gasteiger partial charge in [-0.05, 0) is 24.2 Å². The van der Waals surface area contributed by atoms with Crippen molar-refractivity contribution >= 4 is 28.5 Å². The number of aromatic nitrogens is 2. The van der Waals surface area contributed by atoms with Gasteiger partial charge in [0.15, 0.2) is 0 Å². The van der Waals surface area contributed by atoms with Crippen molar-refractivity contribution in [3.05, 3.63) is 23.4 Å². The fourth-order valence-electron chi connectivity index (χ4n) is 1.64. The summed E-state index contributed by atoms with van der Waals surface area (Å²) >= 11 is 0. The lowest BCUT2D eigenvalue weighted by atomic mass is 10.2. The van der Waals surface area contributed by atoms with Crippen LogP contribution >= 0.6 is 0 Å². The maximum atomic E-state index is 11.4. The number of rotatable bonds is 3. The van der Waals surface area contributed by atoms with Gasteiger partial charge in [-0.3, -0.25) is 5.32 Å². The number of ether oxygens (including phenoxy) is 1. The van der Waals surface area contributed by atoms with Crippen LogP contribution in [0.2, 0.25) is 0 Å². The quantitative estimate of drug-likeness (QED) is 0.845. The van der Waals surface area contributed by atoms with Gasteiger partial charge in [-0.1, -0.05) is 0 Å². The monoisotopic (exact) mass is 248 g/mol. The largest absolute Gasteiger partial charge is 0.450 e. The number of aryl methyl sites for hydroxylation is 1. The van der Waals surface area contributed by atoms with Gasteiger partial charge in [-0.15, -0.1) is 4.91 Å². The number of hydrogen-bond acceptors (Lipinski definition) is 5. The molecule has 0 unspecified atom stereocenters. The number of benzene rings is 1. The first-order chi connectivity index (χ1) is 8.65. The highest BCUT2D eigenvalue weighted by molar-refractivity contribution is 5.98. The highest BCUT2D eigenvalue weighted by atomic mass is 16.5. The van der Waals surface area contributed by atoms with Gasteiger partial charge in [0.2, 0.25) is 0 Å². The van der Waals surface area contributed by atoms with E-state index >= 15 is 0 Å². The number of amides is 1. The first-order valence-electron chi connectivity index (χ1n) is 5.38. The summed E-state index contributed by atoms with van der Waals surface area (Å²) in [5, 5.41) is 5.41. The lowest BCUT2D eigenvalue weighted by Crippen LogP contribution is -2.13. The predicted octanol–water partition coefficient (Wildman–Crippen LogP) is 2.54. The van der Waals surface area contributed by atoms with Crippen molar-refractivity contribution in [2.24, 2.45) is 12.2 Å². The first kappa shape index (κ1) is 12.0. The molecule has 0 aliphatic carbocycles. The van der Waals surface area contributed by atoms with Crippen LogP contribution in [-0.2, 0) is 11.8 Å². The summed E-state index contributed by atoms with van der Waals surface area (Å²) in [6.07, 6.45) is 1.00. The standard InChI is InChI=1S/C11H12N4O3/c1-3-18-11(16)13-8-4-7(14-17)5-9-10(8)12-6-15(9)2/h4-6H,3H2,1-2H3,(H,13,16). The molecule has 2 rings (SSSR count). The molecule has 0 spiro atoms. The van der Waals surface area contributed by atoms with E-state index in [4.69, 9.17) is 4.74 Å². The van der Waals surface area contributed by atoms with E-state index in [1.807, 2.05) is 0 Å². The second-order valence-electron chi connectivity index (χ2n) is 3.65. The number of fused-ring (bicyclic) bond motifs is 1. The maximum Gasteiger partial charge on any atom is 0.411 e. The van der Waals surface area contributed by atoms with Gasteiger partial charge in [-0.25, -0.2) is 9.78 Å². The number of carbonyl (C=O) groups is 1. The van der Waals surface area contributed by atoms with Crippen molar-refractivity contribution in [2.75, 3.05) is 11.9 Å². The lowest BCUT2D eigenvalue weighted by Gasteiger charge is -2.06. The molecular weight excluding hydrogens is 236 g/mol. The molecule has 1 N–H and O–H groups in total. The summed E-state index contributed by atoms with van der Waals surface area (Å²) in [6.45, 7) is 1.97. The van der Waals surface area contributed by atoms with Crippen molar-refractivity contribution in [3.8, 4) is 0 Å². The number of carbonyl (C=O) groups excluding carboxylic acids is 1. The minimum Gasteiger partial charge on any atom is -0.450 e. The van der Waals surface area contributed by atoms with Crippen molar-refractivity contribution < 1.29 is 9.53 Å². The van der Waals surface area contributed by atoms with Crippen LogP contribution in [0.5, 0.6) is 0 Å². The zero-order valence-electron chi connectivity index (χ0n) is 10.0. The summed E-state index contributed by atoms with van der Waals surface area (Å²) in [5.74, 6) is 0. The van der Waals surface area contributed by atoms with Crippen molar-refractivity contribution in [1.29, 1.82) is 0 Å². The Morgan fingerprint density at radius 1 is 1.56 bits per heavy atom. The Morgan fingerprint density at radius 2 is 2.33 bits per heavy atom. The molecule has 1 amide bonds. The summed E-state index contributed by atoms with van der Waals surface area (Å²) in [7, 11) is 1.79. The van der Waals surface area contributed by atoms with E-state index in [9.17, 15) is 9.70 Å². The van der Waals surface area contributed by atoms with Crippen LogP contribution in [0.25, 0.3) is 11.0 Å². The molecule has 0 saturated carbocycles. The zero-order chi connectivity index (χ0) is 13.1. The SMILES string of the molecule is CCOC(=O)Nc1cc(N=O)cc2c1ncn2C. The topological polar surface area (TPSA) is 85.6 Å². The molecule has 0 aliphatic rings. The number of nitroso groups, excluding NO2 is 1. The molecule has 0 atom stereocenters. The van der Waals surface area contributed by atoms with Gasteiger partial charge in [0, 0.05) is 7.05 Å². The molecule has 0 radical (unpaired) electrons. The Morgan fingerprint density at radius 3 is 3.00 bits per heavy atom. The van der Waals surface area contributed by atoms with E-state index in [0.717, 1.165) is 0 Å². The average Bonchev–Trinajstić information content (AvgIpc) is 2.72. The van der Waals surface area contributed by atoms with Crippen molar-refractivity contribution in [3.63, 3.8) is 0 Å². The third kappa shape index (κ3) is 2.15. The minimum absolute atomic E-state index is 0.220. The van der Waals surface area contributed by atoms with Crippen LogP contribution in [0, 0.1) is 4.91 Å². The molecule has 94 valence electrons. The Balaban J connectivity index is 2.47. The second kappa shape index (κ2) is 4.82. The molecule has 7 nitrogen and oxygen atoms in total. The fourth-order valence-corrected chi connectivity index (χ4v) is 1.64. The summed E-state index contributed by atoms with van der Waals surface area (Å²) in [6, 6.07) is 3.06. The molecule has 2 aromatic rings. The van der Waals surface area contributed by atoms with Gasteiger partial charge in [0.1, 0.15) is 11.2 Å². The Kier molecular flexibility index (Phi) is 3.22. The highest BCUT2D eigenvalue weighted by Gasteiger charge is 2.12. The molecule has 0 saturated heterocycles. The van der Waals surface area contributed by atoms with E-state index in [0.29, 0.717) is 16.7 Å². The van der Waals surface area contributed by atoms with Gasteiger partial charge in [-0.2, -0.15) is 0 Å². The summed E-state index contributed by atoms with van der Waals surface area (Å²) < 4.78 is 6.52. The molecule has 0 aliphatic heterocycles. The smallest absolute Gasteiger partial charge is 0.411 e. The Labute approximate surface area is 103 Å².